The zero-order chi connectivity index (χ0) is 12.7. The smallest absolute Gasteiger partial charge is 0.185 e. The molecule has 1 aliphatic rings. The van der Waals surface area contributed by atoms with Crippen molar-refractivity contribution in [3.05, 3.63) is 23.2 Å². The fourth-order valence-electron chi connectivity index (χ4n) is 2.19. The van der Waals surface area contributed by atoms with Gasteiger partial charge in [0.15, 0.2) is 5.82 Å². The Morgan fingerprint density at radius 2 is 2.22 bits per heavy atom. The monoisotopic (exact) mass is 263 g/mol. The first-order valence-electron chi connectivity index (χ1n) is 6.00. The van der Waals surface area contributed by atoms with Crippen LogP contribution in [-0.4, -0.2) is 20.2 Å². The van der Waals surface area contributed by atoms with Gasteiger partial charge in [0.25, 0.3) is 0 Å². The van der Waals surface area contributed by atoms with E-state index < -0.39 is 0 Å². The third-order valence-electron chi connectivity index (χ3n) is 3.45. The van der Waals surface area contributed by atoms with Crippen LogP contribution in [0.25, 0.3) is 11.4 Å². The number of nitrogens with two attached hydrogens (primary N) is 1. The molecule has 5 nitrogen and oxygen atoms in total. The highest BCUT2D eigenvalue weighted by Gasteiger charge is 2.32. The molecule has 1 aromatic heterocycles. The van der Waals surface area contributed by atoms with Crippen LogP contribution in [0.2, 0.25) is 5.02 Å². The van der Waals surface area contributed by atoms with E-state index in [1.165, 1.54) is 12.8 Å². The van der Waals surface area contributed by atoms with Crippen molar-refractivity contribution in [2.75, 3.05) is 5.73 Å². The summed E-state index contributed by atoms with van der Waals surface area (Å²) in [5.74, 6) is 1.31. The maximum Gasteiger partial charge on any atom is 0.185 e. The molecule has 1 heterocycles. The molecule has 6 heteroatoms. The van der Waals surface area contributed by atoms with Crippen LogP contribution in [0.5, 0.6) is 0 Å². The first kappa shape index (κ1) is 11.5. The molecular weight excluding hydrogens is 250 g/mol. The molecule has 2 N–H and O–H groups in total. The lowest BCUT2D eigenvalue weighted by Crippen LogP contribution is -2.11. The van der Waals surface area contributed by atoms with Crippen molar-refractivity contribution in [1.29, 1.82) is 0 Å². The van der Waals surface area contributed by atoms with E-state index in [0.29, 0.717) is 22.5 Å². The second kappa shape index (κ2) is 4.24. The Kier molecular flexibility index (Phi) is 2.70. The zero-order valence-corrected chi connectivity index (χ0v) is 10.8. The van der Waals surface area contributed by atoms with Gasteiger partial charge in [-0.05, 0) is 48.2 Å². The van der Waals surface area contributed by atoms with E-state index in [1.807, 2.05) is 16.8 Å². The molecule has 94 valence electrons. The Bertz CT molecular complexity index is 555. The quantitative estimate of drug-likeness (QED) is 0.864. The Labute approximate surface area is 110 Å². The Morgan fingerprint density at radius 3 is 2.89 bits per heavy atom. The predicted molar refractivity (Wildman–Crippen MR) is 70.1 cm³/mol. The number of hydrogen-bond donors (Lipinski definition) is 1. The number of tetrazole rings is 1. The van der Waals surface area contributed by atoms with E-state index in [-0.39, 0.29) is 6.04 Å². The number of nitrogens with zero attached hydrogens (tertiary/aromatic N) is 4. The fourth-order valence-corrected chi connectivity index (χ4v) is 2.45. The third-order valence-corrected chi connectivity index (χ3v) is 3.77. The zero-order valence-electron chi connectivity index (χ0n) is 10.0. The van der Waals surface area contributed by atoms with Crippen LogP contribution >= 0.6 is 11.6 Å². The van der Waals surface area contributed by atoms with Gasteiger partial charge in [0.05, 0.1) is 16.6 Å². The molecule has 0 bridgehead atoms. The minimum Gasteiger partial charge on any atom is -0.398 e. The first-order chi connectivity index (χ1) is 8.68. The number of halogens is 1. The molecule has 0 saturated heterocycles. The molecule has 0 amide bonds. The van der Waals surface area contributed by atoms with Gasteiger partial charge >= 0.3 is 0 Å². The second-order valence-corrected chi connectivity index (χ2v) is 5.14. The van der Waals surface area contributed by atoms with E-state index in [0.717, 1.165) is 5.56 Å². The van der Waals surface area contributed by atoms with Gasteiger partial charge in [-0.25, -0.2) is 4.68 Å². The number of aromatic nitrogens is 4. The Morgan fingerprint density at radius 1 is 1.44 bits per heavy atom. The van der Waals surface area contributed by atoms with Crippen LogP contribution in [0.15, 0.2) is 18.2 Å². The molecule has 1 aliphatic carbocycles. The number of hydrogen-bond acceptors (Lipinski definition) is 4. The average molecular weight is 264 g/mol. The van der Waals surface area contributed by atoms with E-state index in [9.17, 15) is 0 Å². The van der Waals surface area contributed by atoms with Crippen molar-refractivity contribution < 1.29 is 0 Å². The lowest BCUT2D eigenvalue weighted by atomic mass is 10.1. The molecular formula is C12H14ClN5. The minimum atomic E-state index is 0.283. The van der Waals surface area contributed by atoms with Crippen LogP contribution in [0.1, 0.15) is 25.8 Å². The second-order valence-electron chi connectivity index (χ2n) is 4.73. The summed E-state index contributed by atoms with van der Waals surface area (Å²) in [6, 6.07) is 5.71. The van der Waals surface area contributed by atoms with E-state index in [2.05, 4.69) is 22.4 Å². The number of nitrogen functional groups attached to an aromatic ring is 1. The third kappa shape index (κ3) is 1.84. The van der Waals surface area contributed by atoms with Gasteiger partial charge in [0.2, 0.25) is 0 Å². The SMILES string of the molecule is CC(C1CC1)n1nnnc1-c1c(N)cccc1Cl. The summed E-state index contributed by atoms with van der Waals surface area (Å²) in [7, 11) is 0. The summed E-state index contributed by atoms with van der Waals surface area (Å²) in [6.07, 6.45) is 2.47. The number of anilines is 1. The van der Waals surface area contributed by atoms with Crippen LogP contribution in [0.4, 0.5) is 5.69 Å². The van der Waals surface area contributed by atoms with Gasteiger partial charge in [-0.1, -0.05) is 17.7 Å². The highest BCUT2D eigenvalue weighted by Crippen LogP contribution is 2.41. The topological polar surface area (TPSA) is 69.6 Å². The highest BCUT2D eigenvalue weighted by atomic mass is 35.5. The average Bonchev–Trinajstić information content (AvgIpc) is 3.08. The molecule has 1 unspecified atom stereocenters. The van der Waals surface area contributed by atoms with Crippen LogP contribution in [0, 0.1) is 5.92 Å². The Hall–Kier alpha value is -1.62. The molecule has 0 aliphatic heterocycles. The molecule has 0 spiro atoms. The van der Waals surface area contributed by atoms with Crippen molar-refractivity contribution in [2.45, 2.75) is 25.8 Å². The molecule has 1 aromatic carbocycles. The standard InChI is InChI=1S/C12H14ClN5/c1-7(8-5-6-8)18-12(15-16-17-18)11-9(13)3-2-4-10(11)14/h2-4,7-8H,5-6,14H2,1H3. The fraction of sp³-hybridized carbons (Fsp3) is 0.417. The minimum absolute atomic E-state index is 0.283. The lowest BCUT2D eigenvalue weighted by Gasteiger charge is -2.13. The summed E-state index contributed by atoms with van der Waals surface area (Å²) in [5.41, 5.74) is 7.30. The number of rotatable bonds is 3. The van der Waals surface area contributed by atoms with Crippen LogP contribution < -0.4 is 5.73 Å². The summed E-state index contributed by atoms with van der Waals surface area (Å²) < 4.78 is 1.83. The maximum absolute atomic E-state index is 6.20. The van der Waals surface area contributed by atoms with Gasteiger partial charge < -0.3 is 5.73 Å². The maximum atomic E-state index is 6.20. The van der Waals surface area contributed by atoms with Crippen molar-refractivity contribution in [1.82, 2.24) is 20.2 Å². The summed E-state index contributed by atoms with van der Waals surface area (Å²) in [6.45, 7) is 2.13. The molecule has 1 saturated carbocycles. The molecule has 1 fully saturated rings. The van der Waals surface area contributed by atoms with Crippen molar-refractivity contribution in [3.8, 4) is 11.4 Å². The predicted octanol–water partition coefficient (Wildman–Crippen LogP) is 2.55. The van der Waals surface area contributed by atoms with Crippen molar-refractivity contribution >= 4 is 17.3 Å². The molecule has 2 aromatic rings. The molecule has 0 radical (unpaired) electrons. The van der Waals surface area contributed by atoms with Gasteiger partial charge in [0.1, 0.15) is 0 Å². The van der Waals surface area contributed by atoms with Crippen molar-refractivity contribution in [3.63, 3.8) is 0 Å². The van der Waals surface area contributed by atoms with Gasteiger partial charge in [0, 0.05) is 5.69 Å². The van der Waals surface area contributed by atoms with E-state index in [1.54, 1.807) is 6.07 Å². The Balaban J connectivity index is 2.09. The van der Waals surface area contributed by atoms with Crippen LogP contribution in [0.3, 0.4) is 0 Å². The molecule has 1 atom stereocenters. The first-order valence-corrected chi connectivity index (χ1v) is 6.38. The highest BCUT2D eigenvalue weighted by molar-refractivity contribution is 6.33. The summed E-state index contributed by atoms with van der Waals surface area (Å²) >= 11 is 6.20. The molecule has 3 rings (SSSR count). The number of benzene rings is 1. The summed E-state index contributed by atoms with van der Waals surface area (Å²) in [4.78, 5) is 0. The van der Waals surface area contributed by atoms with Gasteiger partial charge in [-0.3, -0.25) is 0 Å². The van der Waals surface area contributed by atoms with Crippen LogP contribution in [-0.2, 0) is 0 Å². The van der Waals surface area contributed by atoms with E-state index >= 15 is 0 Å². The largest absolute Gasteiger partial charge is 0.398 e. The lowest BCUT2D eigenvalue weighted by molar-refractivity contribution is 0.433. The van der Waals surface area contributed by atoms with E-state index in [4.69, 9.17) is 17.3 Å². The van der Waals surface area contributed by atoms with Gasteiger partial charge in [-0.2, -0.15) is 0 Å². The van der Waals surface area contributed by atoms with Gasteiger partial charge in [-0.15, -0.1) is 5.10 Å². The molecule has 18 heavy (non-hydrogen) atoms. The summed E-state index contributed by atoms with van der Waals surface area (Å²) in [5, 5.41) is 12.5. The normalized spacial score (nSPS) is 16.8. The van der Waals surface area contributed by atoms with Crippen molar-refractivity contribution in [2.24, 2.45) is 5.92 Å².